The SMILES string of the molecule is Cc1ccc(C(=O)N2CCCC(C(=O)NCC(C)CCO)C2)cc1. The number of likely N-dealkylation sites (tertiary alicyclic amines) is 1. The van der Waals surface area contributed by atoms with E-state index in [1.54, 1.807) is 4.90 Å². The quantitative estimate of drug-likeness (QED) is 0.837. The first-order valence-corrected chi connectivity index (χ1v) is 8.75. The van der Waals surface area contributed by atoms with Gasteiger partial charge in [0.25, 0.3) is 5.91 Å². The topological polar surface area (TPSA) is 69.6 Å². The van der Waals surface area contributed by atoms with Crippen molar-refractivity contribution in [2.75, 3.05) is 26.2 Å². The molecule has 0 radical (unpaired) electrons. The Bertz CT molecular complexity index is 556. The summed E-state index contributed by atoms with van der Waals surface area (Å²) in [6, 6.07) is 7.56. The van der Waals surface area contributed by atoms with Crippen LogP contribution in [-0.2, 0) is 4.79 Å². The number of aliphatic hydroxyl groups excluding tert-OH is 1. The molecule has 0 aliphatic carbocycles. The summed E-state index contributed by atoms with van der Waals surface area (Å²) in [5.74, 6) is 0.129. The summed E-state index contributed by atoms with van der Waals surface area (Å²) in [6.07, 6.45) is 2.35. The summed E-state index contributed by atoms with van der Waals surface area (Å²) in [5.41, 5.74) is 1.80. The van der Waals surface area contributed by atoms with Crippen LogP contribution in [0.4, 0.5) is 0 Å². The first-order valence-electron chi connectivity index (χ1n) is 8.75. The highest BCUT2D eigenvalue weighted by Gasteiger charge is 2.28. The van der Waals surface area contributed by atoms with Crippen LogP contribution in [-0.4, -0.2) is 48.1 Å². The lowest BCUT2D eigenvalue weighted by Crippen LogP contribution is -2.46. The van der Waals surface area contributed by atoms with Crippen LogP contribution in [0, 0.1) is 18.8 Å². The summed E-state index contributed by atoms with van der Waals surface area (Å²) in [4.78, 5) is 26.7. The minimum Gasteiger partial charge on any atom is -0.396 e. The lowest BCUT2D eigenvalue weighted by Gasteiger charge is -2.32. The van der Waals surface area contributed by atoms with Crippen molar-refractivity contribution in [3.05, 3.63) is 35.4 Å². The molecule has 1 fully saturated rings. The fraction of sp³-hybridized carbons (Fsp3) is 0.579. The van der Waals surface area contributed by atoms with Gasteiger partial charge in [-0.25, -0.2) is 0 Å². The van der Waals surface area contributed by atoms with Crippen molar-refractivity contribution < 1.29 is 14.7 Å². The molecule has 0 aromatic heterocycles. The summed E-state index contributed by atoms with van der Waals surface area (Å²) < 4.78 is 0. The van der Waals surface area contributed by atoms with Crippen molar-refractivity contribution in [2.24, 2.45) is 11.8 Å². The Labute approximate surface area is 144 Å². The fourth-order valence-electron chi connectivity index (χ4n) is 3.00. The molecular weight excluding hydrogens is 304 g/mol. The van der Waals surface area contributed by atoms with Crippen molar-refractivity contribution in [1.29, 1.82) is 0 Å². The molecule has 1 aromatic carbocycles. The van der Waals surface area contributed by atoms with E-state index in [1.165, 1.54) is 0 Å². The van der Waals surface area contributed by atoms with E-state index in [2.05, 4.69) is 5.32 Å². The van der Waals surface area contributed by atoms with Crippen molar-refractivity contribution in [3.8, 4) is 0 Å². The lowest BCUT2D eigenvalue weighted by atomic mass is 9.96. The van der Waals surface area contributed by atoms with Gasteiger partial charge < -0.3 is 15.3 Å². The van der Waals surface area contributed by atoms with Gasteiger partial charge in [-0.3, -0.25) is 9.59 Å². The second-order valence-electron chi connectivity index (χ2n) is 6.82. The molecule has 24 heavy (non-hydrogen) atoms. The second-order valence-corrected chi connectivity index (χ2v) is 6.82. The third kappa shape index (κ3) is 5.06. The number of aryl methyl sites for hydroxylation is 1. The summed E-state index contributed by atoms with van der Waals surface area (Å²) in [5, 5.41) is 11.9. The molecule has 0 saturated carbocycles. The van der Waals surface area contributed by atoms with Crippen molar-refractivity contribution >= 4 is 11.8 Å². The molecule has 1 saturated heterocycles. The standard InChI is InChI=1S/C19H28N2O3/c1-14-5-7-16(8-6-14)19(24)21-10-3-4-17(13-21)18(23)20-12-15(2)9-11-22/h5-8,15,17,22H,3-4,9-13H2,1-2H3,(H,20,23). The van der Waals surface area contributed by atoms with Gasteiger partial charge in [0.15, 0.2) is 0 Å². The van der Waals surface area contributed by atoms with Gasteiger partial charge in [-0.2, -0.15) is 0 Å². The fourth-order valence-corrected chi connectivity index (χ4v) is 3.00. The predicted octanol–water partition coefficient (Wildman–Crippen LogP) is 1.98. The van der Waals surface area contributed by atoms with Gasteiger partial charge in [0, 0.05) is 31.8 Å². The number of hydrogen-bond donors (Lipinski definition) is 2. The number of aliphatic hydroxyl groups is 1. The van der Waals surface area contributed by atoms with Crippen molar-refractivity contribution in [2.45, 2.75) is 33.1 Å². The molecule has 0 spiro atoms. The number of rotatable bonds is 6. The van der Waals surface area contributed by atoms with Gasteiger partial charge in [-0.1, -0.05) is 24.6 Å². The number of amides is 2. The van der Waals surface area contributed by atoms with Crippen LogP contribution in [0.25, 0.3) is 0 Å². The van der Waals surface area contributed by atoms with E-state index in [1.807, 2.05) is 38.1 Å². The average Bonchev–Trinajstić information content (AvgIpc) is 2.60. The molecule has 1 aliphatic rings. The zero-order valence-corrected chi connectivity index (χ0v) is 14.6. The Balaban J connectivity index is 1.90. The third-order valence-electron chi connectivity index (χ3n) is 4.62. The highest BCUT2D eigenvalue weighted by Crippen LogP contribution is 2.19. The minimum atomic E-state index is -0.144. The number of nitrogens with zero attached hydrogens (tertiary/aromatic N) is 1. The maximum atomic E-state index is 12.6. The molecule has 2 unspecified atom stereocenters. The zero-order valence-electron chi connectivity index (χ0n) is 14.6. The average molecular weight is 332 g/mol. The van der Waals surface area contributed by atoms with Gasteiger partial charge in [0.2, 0.25) is 5.91 Å². The maximum absolute atomic E-state index is 12.6. The van der Waals surface area contributed by atoms with Crippen LogP contribution < -0.4 is 5.32 Å². The number of hydrogen-bond acceptors (Lipinski definition) is 3. The number of benzene rings is 1. The Morgan fingerprint density at radius 2 is 2.04 bits per heavy atom. The minimum absolute atomic E-state index is 0.00106. The molecular formula is C19H28N2O3. The Morgan fingerprint density at radius 3 is 2.71 bits per heavy atom. The van der Waals surface area contributed by atoms with Crippen LogP contribution in [0.15, 0.2) is 24.3 Å². The van der Waals surface area contributed by atoms with Gasteiger partial charge in [-0.15, -0.1) is 0 Å². The van der Waals surface area contributed by atoms with E-state index in [4.69, 9.17) is 5.11 Å². The lowest BCUT2D eigenvalue weighted by molar-refractivity contribution is -0.126. The smallest absolute Gasteiger partial charge is 0.253 e. The van der Waals surface area contributed by atoms with Crippen LogP contribution in [0.3, 0.4) is 0 Å². The Hall–Kier alpha value is -1.88. The highest BCUT2D eigenvalue weighted by atomic mass is 16.3. The van der Waals surface area contributed by atoms with Gasteiger partial charge >= 0.3 is 0 Å². The first kappa shape index (κ1) is 18.5. The van der Waals surface area contributed by atoms with E-state index >= 15 is 0 Å². The predicted molar refractivity (Wildman–Crippen MR) is 93.7 cm³/mol. The van der Waals surface area contributed by atoms with Crippen LogP contribution >= 0.6 is 0 Å². The molecule has 5 nitrogen and oxygen atoms in total. The number of carbonyl (C=O) groups excluding carboxylic acids is 2. The largest absolute Gasteiger partial charge is 0.396 e. The number of nitrogens with one attached hydrogen (secondary N) is 1. The molecule has 1 heterocycles. The normalized spacial score (nSPS) is 19.0. The Kier molecular flexibility index (Phi) is 6.79. The summed E-state index contributed by atoms with van der Waals surface area (Å²) in [7, 11) is 0. The third-order valence-corrected chi connectivity index (χ3v) is 4.62. The summed E-state index contributed by atoms with van der Waals surface area (Å²) in [6.45, 7) is 5.89. The molecule has 2 amide bonds. The molecule has 2 atom stereocenters. The van der Waals surface area contributed by atoms with Crippen molar-refractivity contribution in [1.82, 2.24) is 10.2 Å². The second kappa shape index (κ2) is 8.83. The molecule has 2 rings (SSSR count). The molecule has 132 valence electrons. The first-order chi connectivity index (χ1) is 11.5. The monoisotopic (exact) mass is 332 g/mol. The Morgan fingerprint density at radius 1 is 1.33 bits per heavy atom. The van der Waals surface area contributed by atoms with Crippen LogP contribution in [0.5, 0.6) is 0 Å². The van der Waals surface area contributed by atoms with E-state index in [0.29, 0.717) is 31.6 Å². The van der Waals surface area contributed by atoms with Crippen molar-refractivity contribution in [3.63, 3.8) is 0 Å². The highest BCUT2D eigenvalue weighted by molar-refractivity contribution is 5.94. The molecule has 1 aromatic rings. The van der Waals surface area contributed by atoms with Crippen LogP contribution in [0.2, 0.25) is 0 Å². The van der Waals surface area contributed by atoms with Gasteiger partial charge in [0.05, 0.1) is 5.92 Å². The molecule has 2 N–H and O–H groups in total. The summed E-state index contributed by atoms with van der Waals surface area (Å²) >= 11 is 0. The van der Waals surface area contributed by atoms with Gasteiger partial charge in [-0.05, 0) is 44.2 Å². The number of carbonyl (C=O) groups is 2. The van der Waals surface area contributed by atoms with E-state index in [-0.39, 0.29) is 30.3 Å². The maximum Gasteiger partial charge on any atom is 0.253 e. The zero-order chi connectivity index (χ0) is 17.5. The molecule has 1 aliphatic heterocycles. The molecule has 0 bridgehead atoms. The van der Waals surface area contributed by atoms with Crippen LogP contribution in [0.1, 0.15) is 42.1 Å². The molecule has 5 heteroatoms. The van der Waals surface area contributed by atoms with E-state index in [0.717, 1.165) is 18.4 Å². The van der Waals surface area contributed by atoms with E-state index < -0.39 is 0 Å². The number of piperidine rings is 1. The van der Waals surface area contributed by atoms with Gasteiger partial charge in [0.1, 0.15) is 0 Å². The van der Waals surface area contributed by atoms with E-state index in [9.17, 15) is 9.59 Å².